The van der Waals surface area contributed by atoms with Gasteiger partial charge >= 0.3 is 0 Å². The van der Waals surface area contributed by atoms with Crippen molar-refractivity contribution in [2.45, 2.75) is 19.3 Å². The number of halogens is 1. The molecule has 0 amide bonds. The van der Waals surface area contributed by atoms with E-state index in [1.54, 1.807) is 13.0 Å². The quantitative estimate of drug-likeness (QED) is 0.367. The van der Waals surface area contributed by atoms with E-state index in [0.717, 1.165) is 0 Å². The van der Waals surface area contributed by atoms with E-state index in [9.17, 15) is 4.39 Å². The second kappa shape index (κ2) is 2.42. The molecule has 0 fully saturated rings. The molecule has 42 valence electrons. The van der Waals surface area contributed by atoms with Crippen molar-refractivity contribution in [3.8, 4) is 0 Å². The van der Waals surface area contributed by atoms with Gasteiger partial charge in [0.15, 0.2) is 0 Å². The summed E-state index contributed by atoms with van der Waals surface area (Å²) in [4.78, 5) is 0. The fourth-order valence-electron chi connectivity index (χ4n) is 0.326. The van der Waals surface area contributed by atoms with E-state index < -0.39 is 5.41 Å². The van der Waals surface area contributed by atoms with Crippen LogP contribution in [-0.4, -0.2) is 5.41 Å². The molecule has 0 bridgehead atoms. The third kappa shape index (κ3) is 6.10. The molecule has 0 heterocycles. The Morgan fingerprint density at radius 1 is 1.71 bits per heavy atom. The van der Waals surface area contributed by atoms with Crippen LogP contribution in [-0.2, 0) is 0 Å². The molecule has 2 unspecified atom stereocenters. The summed E-state index contributed by atoms with van der Waals surface area (Å²) in [5.41, 5.74) is 0. The first-order chi connectivity index (χ1) is 3.06. The molecule has 0 nitrogen and oxygen atoms in total. The molecule has 0 saturated heterocycles. The van der Waals surface area contributed by atoms with E-state index in [1.165, 1.54) is 13.0 Å². The standard InChI is InChI=1S/C5H10FP/c1-3-4-5(2,6)7/h3-4H,7H2,1-2H3/b4-3+. The Balaban J connectivity index is 3.56. The molecule has 0 saturated carbocycles. The molecule has 0 aliphatic heterocycles. The van der Waals surface area contributed by atoms with Crippen LogP contribution in [0.15, 0.2) is 12.2 Å². The van der Waals surface area contributed by atoms with Crippen LogP contribution < -0.4 is 0 Å². The monoisotopic (exact) mass is 120 g/mol. The van der Waals surface area contributed by atoms with Crippen LogP contribution in [0.1, 0.15) is 13.8 Å². The largest absolute Gasteiger partial charge is 0.235 e. The maximum atomic E-state index is 12.3. The van der Waals surface area contributed by atoms with Gasteiger partial charge in [-0.1, -0.05) is 15.3 Å². The number of allylic oxidation sites excluding steroid dienone is 2. The van der Waals surface area contributed by atoms with Crippen molar-refractivity contribution in [2.24, 2.45) is 0 Å². The molecular weight excluding hydrogens is 110 g/mol. The van der Waals surface area contributed by atoms with Crippen LogP contribution in [0.25, 0.3) is 0 Å². The van der Waals surface area contributed by atoms with Gasteiger partial charge in [0.25, 0.3) is 0 Å². The number of rotatable bonds is 1. The van der Waals surface area contributed by atoms with Crippen molar-refractivity contribution < 1.29 is 4.39 Å². The van der Waals surface area contributed by atoms with E-state index in [2.05, 4.69) is 9.24 Å². The van der Waals surface area contributed by atoms with Gasteiger partial charge < -0.3 is 0 Å². The minimum Gasteiger partial charge on any atom is -0.235 e. The van der Waals surface area contributed by atoms with E-state index in [-0.39, 0.29) is 0 Å². The molecule has 0 aromatic rings. The predicted molar refractivity (Wildman–Crippen MR) is 34.0 cm³/mol. The van der Waals surface area contributed by atoms with E-state index in [0.29, 0.717) is 0 Å². The highest BCUT2D eigenvalue weighted by molar-refractivity contribution is 7.18. The lowest BCUT2D eigenvalue weighted by Gasteiger charge is -2.04. The molecule has 0 aromatic carbocycles. The number of alkyl halides is 1. The zero-order valence-corrected chi connectivity index (χ0v) is 5.76. The maximum Gasteiger partial charge on any atom is 0.138 e. The van der Waals surface area contributed by atoms with E-state index >= 15 is 0 Å². The van der Waals surface area contributed by atoms with Gasteiger partial charge in [0.1, 0.15) is 5.41 Å². The second-order valence-electron chi connectivity index (χ2n) is 1.65. The van der Waals surface area contributed by atoms with Crippen molar-refractivity contribution in [1.29, 1.82) is 0 Å². The van der Waals surface area contributed by atoms with Gasteiger partial charge in [-0.05, 0) is 19.9 Å². The lowest BCUT2D eigenvalue weighted by molar-refractivity contribution is 0.385. The van der Waals surface area contributed by atoms with Gasteiger partial charge in [-0.2, -0.15) is 0 Å². The normalized spacial score (nSPS) is 20.0. The van der Waals surface area contributed by atoms with Crippen molar-refractivity contribution in [3.63, 3.8) is 0 Å². The third-order valence-electron chi connectivity index (χ3n) is 0.493. The summed E-state index contributed by atoms with van der Waals surface area (Å²) in [6, 6.07) is 0. The highest BCUT2D eigenvalue weighted by atomic mass is 31.0. The van der Waals surface area contributed by atoms with Gasteiger partial charge in [0, 0.05) is 0 Å². The first-order valence-electron chi connectivity index (χ1n) is 2.18. The molecule has 0 rings (SSSR count). The molecule has 2 heteroatoms. The van der Waals surface area contributed by atoms with Crippen LogP contribution in [0.3, 0.4) is 0 Å². The molecular formula is C5H10FP. The van der Waals surface area contributed by atoms with Gasteiger partial charge in [0.05, 0.1) is 0 Å². The molecule has 0 radical (unpaired) electrons. The van der Waals surface area contributed by atoms with Crippen LogP contribution >= 0.6 is 9.24 Å². The first kappa shape index (κ1) is 7.10. The van der Waals surface area contributed by atoms with Crippen LogP contribution in [0.5, 0.6) is 0 Å². The topological polar surface area (TPSA) is 0 Å². The van der Waals surface area contributed by atoms with Gasteiger partial charge in [0.2, 0.25) is 0 Å². The molecule has 0 N–H and O–H groups in total. The van der Waals surface area contributed by atoms with Crippen LogP contribution in [0, 0.1) is 0 Å². The molecule has 0 aliphatic rings. The summed E-state index contributed by atoms with van der Waals surface area (Å²) >= 11 is 0. The smallest absolute Gasteiger partial charge is 0.138 e. The fraction of sp³-hybridized carbons (Fsp3) is 0.600. The van der Waals surface area contributed by atoms with Crippen molar-refractivity contribution in [1.82, 2.24) is 0 Å². The number of hydrogen-bond donors (Lipinski definition) is 0. The van der Waals surface area contributed by atoms with Crippen LogP contribution in [0.2, 0.25) is 0 Å². The van der Waals surface area contributed by atoms with Gasteiger partial charge in [-0.15, -0.1) is 0 Å². The Hall–Kier alpha value is 0.100. The number of hydrogen-bond acceptors (Lipinski definition) is 0. The predicted octanol–water partition coefficient (Wildman–Crippen LogP) is 2.12. The highest BCUT2D eigenvalue weighted by Crippen LogP contribution is 2.19. The minimum atomic E-state index is -1.21. The SMILES string of the molecule is C/C=C/C(C)(F)P. The Morgan fingerprint density at radius 3 is 2.14 bits per heavy atom. The average Bonchev–Trinajstić information content (AvgIpc) is 1.30. The maximum absolute atomic E-state index is 12.3. The summed E-state index contributed by atoms with van der Waals surface area (Å²) in [5.74, 6) is 0. The zero-order valence-electron chi connectivity index (χ0n) is 4.61. The highest BCUT2D eigenvalue weighted by Gasteiger charge is 2.07. The summed E-state index contributed by atoms with van der Waals surface area (Å²) in [5, 5.41) is -1.21. The third-order valence-corrected chi connectivity index (χ3v) is 0.685. The first-order valence-corrected chi connectivity index (χ1v) is 2.75. The summed E-state index contributed by atoms with van der Waals surface area (Å²) in [6.45, 7) is 3.28. The molecule has 7 heavy (non-hydrogen) atoms. The zero-order chi connectivity index (χ0) is 5.91. The average molecular weight is 120 g/mol. The molecule has 2 atom stereocenters. The summed E-state index contributed by atoms with van der Waals surface area (Å²) in [6.07, 6.45) is 3.17. The molecule has 0 aliphatic carbocycles. The van der Waals surface area contributed by atoms with Crippen LogP contribution in [0.4, 0.5) is 4.39 Å². The van der Waals surface area contributed by atoms with Crippen molar-refractivity contribution >= 4 is 9.24 Å². The Morgan fingerprint density at radius 2 is 2.14 bits per heavy atom. The minimum absolute atomic E-state index is 1.21. The van der Waals surface area contributed by atoms with E-state index in [4.69, 9.17) is 0 Å². The molecule has 0 aromatic heterocycles. The fourth-order valence-corrected chi connectivity index (χ4v) is 0.518. The van der Waals surface area contributed by atoms with Gasteiger partial charge in [-0.3, -0.25) is 0 Å². The lowest BCUT2D eigenvalue weighted by Crippen LogP contribution is -1.98. The van der Waals surface area contributed by atoms with Crippen molar-refractivity contribution in [3.05, 3.63) is 12.2 Å². The van der Waals surface area contributed by atoms with Crippen molar-refractivity contribution in [2.75, 3.05) is 0 Å². The summed E-state index contributed by atoms with van der Waals surface area (Å²) < 4.78 is 12.3. The Labute approximate surface area is 46.0 Å². The Bertz CT molecular complexity index is 70.6. The summed E-state index contributed by atoms with van der Waals surface area (Å²) in [7, 11) is 2.08. The molecule has 0 spiro atoms. The van der Waals surface area contributed by atoms with Gasteiger partial charge in [-0.25, -0.2) is 4.39 Å². The lowest BCUT2D eigenvalue weighted by atomic mass is 10.4. The van der Waals surface area contributed by atoms with E-state index in [1.807, 2.05) is 0 Å². The second-order valence-corrected chi connectivity index (χ2v) is 2.78. The Kier molecular flexibility index (Phi) is 2.45.